The third kappa shape index (κ3) is 3.05. The molecule has 4 rings (SSSR count). The van der Waals surface area contributed by atoms with Crippen LogP contribution in [0.4, 0.5) is 0 Å². The third-order valence-electron chi connectivity index (χ3n) is 5.56. The Morgan fingerprint density at radius 3 is 2.59 bits per heavy atom. The van der Waals surface area contributed by atoms with Gasteiger partial charge in [0.05, 0.1) is 17.3 Å². The van der Waals surface area contributed by atoms with Crippen molar-refractivity contribution in [1.29, 1.82) is 0 Å². The van der Waals surface area contributed by atoms with E-state index in [9.17, 15) is 4.79 Å². The molecule has 1 aliphatic rings. The minimum absolute atomic E-state index is 0.0696. The fraction of sp³-hybridized carbons (Fsp3) is 0.304. The highest BCUT2D eigenvalue weighted by molar-refractivity contribution is 5.96. The molecule has 138 valence electrons. The van der Waals surface area contributed by atoms with E-state index in [-0.39, 0.29) is 11.9 Å². The third-order valence-corrected chi connectivity index (χ3v) is 5.56. The van der Waals surface area contributed by atoms with E-state index in [0.29, 0.717) is 0 Å². The average molecular weight is 359 g/mol. The van der Waals surface area contributed by atoms with Crippen molar-refractivity contribution in [3.63, 3.8) is 0 Å². The average Bonchev–Trinajstić information content (AvgIpc) is 3.28. The molecule has 0 saturated carbocycles. The van der Waals surface area contributed by atoms with Crippen LogP contribution < -0.4 is 0 Å². The van der Waals surface area contributed by atoms with Crippen LogP contribution in [-0.2, 0) is 0 Å². The minimum atomic E-state index is 0.0696. The highest BCUT2D eigenvalue weighted by Crippen LogP contribution is 2.33. The second-order valence-corrected chi connectivity index (χ2v) is 7.32. The molecule has 4 heteroatoms. The summed E-state index contributed by atoms with van der Waals surface area (Å²) in [5, 5.41) is 0. The van der Waals surface area contributed by atoms with E-state index in [0.717, 1.165) is 47.7 Å². The van der Waals surface area contributed by atoms with E-state index in [2.05, 4.69) is 35.5 Å². The van der Waals surface area contributed by atoms with Gasteiger partial charge in [-0.05, 0) is 63.4 Å². The predicted molar refractivity (Wildman–Crippen MR) is 107 cm³/mol. The van der Waals surface area contributed by atoms with Gasteiger partial charge < -0.3 is 9.47 Å². The molecule has 2 aromatic heterocycles. The Balaban J connectivity index is 1.71. The summed E-state index contributed by atoms with van der Waals surface area (Å²) in [7, 11) is 0. The number of amides is 1. The number of carbonyl (C=O) groups excluding carboxylic acids is 1. The van der Waals surface area contributed by atoms with Gasteiger partial charge in [-0.25, -0.2) is 0 Å². The number of nitrogens with zero attached hydrogens (tertiary/aromatic N) is 3. The van der Waals surface area contributed by atoms with Gasteiger partial charge in [-0.2, -0.15) is 0 Å². The van der Waals surface area contributed by atoms with Crippen LogP contribution in [0.2, 0.25) is 0 Å². The number of hydrogen-bond acceptors (Lipinski definition) is 2. The summed E-state index contributed by atoms with van der Waals surface area (Å²) >= 11 is 0. The van der Waals surface area contributed by atoms with Crippen LogP contribution in [0.1, 0.15) is 51.9 Å². The number of para-hydroxylation sites is 1. The fourth-order valence-corrected chi connectivity index (χ4v) is 4.21. The molecule has 3 aromatic rings. The standard InChI is InChI=1S/C23H25N3O/c1-16-9-4-5-11-21(16)26-17(2)15-19(18(26)3)23(27)25-14-8-12-22(25)20-10-6-7-13-24-20/h4-7,9-11,13,15,22H,8,12,14H2,1-3H3. The molecule has 3 heterocycles. The smallest absolute Gasteiger partial charge is 0.256 e. The van der Waals surface area contributed by atoms with E-state index < -0.39 is 0 Å². The van der Waals surface area contributed by atoms with E-state index >= 15 is 0 Å². The SMILES string of the molecule is Cc1ccccc1-n1c(C)cc(C(=O)N2CCCC2c2ccccn2)c1C. The first-order valence-electron chi connectivity index (χ1n) is 9.55. The fourth-order valence-electron chi connectivity index (χ4n) is 4.21. The normalized spacial score (nSPS) is 16.7. The summed E-state index contributed by atoms with van der Waals surface area (Å²) in [6.07, 6.45) is 3.79. The van der Waals surface area contributed by atoms with Crippen molar-refractivity contribution in [2.45, 2.75) is 39.7 Å². The molecular formula is C23H25N3O. The maximum absolute atomic E-state index is 13.4. The van der Waals surface area contributed by atoms with Crippen LogP contribution >= 0.6 is 0 Å². The monoisotopic (exact) mass is 359 g/mol. The van der Waals surface area contributed by atoms with Crippen LogP contribution in [-0.4, -0.2) is 26.9 Å². The molecule has 1 atom stereocenters. The summed E-state index contributed by atoms with van der Waals surface area (Å²) < 4.78 is 2.19. The van der Waals surface area contributed by atoms with Gasteiger partial charge in [0.15, 0.2) is 0 Å². The number of rotatable bonds is 3. The number of pyridine rings is 1. The Kier molecular flexibility index (Phi) is 4.56. The number of aryl methyl sites for hydroxylation is 2. The van der Waals surface area contributed by atoms with E-state index in [1.54, 1.807) is 6.20 Å². The van der Waals surface area contributed by atoms with Crippen LogP contribution in [0.3, 0.4) is 0 Å². The molecule has 1 fully saturated rings. The molecule has 0 spiro atoms. The molecule has 1 amide bonds. The molecule has 27 heavy (non-hydrogen) atoms. The number of carbonyl (C=O) groups is 1. The van der Waals surface area contributed by atoms with Gasteiger partial charge in [-0.1, -0.05) is 24.3 Å². The Hall–Kier alpha value is -2.88. The van der Waals surface area contributed by atoms with Crippen LogP contribution in [0.5, 0.6) is 0 Å². The molecule has 1 saturated heterocycles. The zero-order valence-electron chi connectivity index (χ0n) is 16.1. The Morgan fingerprint density at radius 1 is 1.07 bits per heavy atom. The van der Waals surface area contributed by atoms with Gasteiger partial charge >= 0.3 is 0 Å². The number of hydrogen-bond donors (Lipinski definition) is 0. The summed E-state index contributed by atoms with van der Waals surface area (Å²) in [5.41, 5.74) is 6.19. The highest BCUT2D eigenvalue weighted by Gasteiger charge is 2.33. The molecule has 0 radical (unpaired) electrons. The Labute approximate surface area is 160 Å². The number of aromatic nitrogens is 2. The topological polar surface area (TPSA) is 38.1 Å². The van der Waals surface area contributed by atoms with Crippen molar-refractivity contribution in [1.82, 2.24) is 14.5 Å². The molecule has 4 nitrogen and oxygen atoms in total. The van der Waals surface area contributed by atoms with Crippen molar-refractivity contribution in [3.05, 3.63) is 82.9 Å². The lowest BCUT2D eigenvalue weighted by molar-refractivity contribution is 0.0732. The molecule has 0 aliphatic carbocycles. The zero-order chi connectivity index (χ0) is 19.0. The summed E-state index contributed by atoms with van der Waals surface area (Å²) in [5.74, 6) is 0.107. The second-order valence-electron chi connectivity index (χ2n) is 7.32. The van der Waals surface area contributed by atoms with Gasteiger partial charge in [0.25, 0.3) is 5.91 Å². The van der Waals surface area contributed by atoms with Crippen molar-refractivity contribution in [2.24, 2.45) is 0 Å². The first kappa shape index (κ1) is 17.5. The lowest BCUT2D eigenvalue weighted by Crippen LogP contribution is -2.31. The lowest BCUT2D eigenvalue weighted by Gasteiger charge is -2.24. The molecular weight excluding hydrogens is 334 g/mol. The molecule has 0 N–H and O–H groups in total. The quantitative estimate of drug-likeness (QED) is 0.675. The van der Waals surface area contributed by atoms with Crippen molar-refractivity contribution in [3.8, 4) is 5.69 Å². The molecule has 0 bridgehead atoms. The molecule has 1 unspecified atom stereocenters. The highest BCUT2D eigenvalue weighted by atomic mass is 16.2. The van der Waals surface area contributed by atoms with Gasteiger partial charge in [-0.15, -0.1) is 0 Å². The Bertz CT molecular complexity index is 975. The minimum Gasteiger partial charge on any atom is -0.330 e. The van der Waals surface area contributed by atoms with E-state index in [1.807, 2.05) is 48.2 Å². The van der Waals surface area contributed by atoms with Gasteiger partial charge in [0.2, 0.25) is 0 Å². The second kappa shape index (κ2) is 7.03. The Morgan fingerprint density at radius 2 is 1.85 bits per heavy atom. The van der Waals surface area contributed by atoms with Crippen LogP contribution in [0, 0.1) is 20.8 Å². The number of benzene rings is 1. The maximum atomic E-state index is 13.4. The van der Waals surface area contributed by atoms with E-state index in [4.69, 9.17) is 0 Å². The number of likely N-dealkylation sites (tertiary alicyclic amines) is 1. The first-order chi connectivity index (χ1) is 13.1. The van der Waals surface area contributed by atoms with Crippen molar-refractivity contribution < 1.29 is 4.79 Å². The van der Waals surface area contributed by atoms with Gasteiger partial charge in [-0.3, -0.25) is 9.78 Å². The van der Waals surface area contributed by atoms with E-state index in [1.165, 1.54) is 5.56 Å². The lowest BCUT2D eigenvalue weighted by atomic mass is 10.1. The predicted octanol–water partition coefficient (Wildman–Crippen LogP) is 4.77. The summed E-state index contributed by atoms with van der Waals surface area (Å²) in [6.45, 7) is 7.00. The van der Waals surface area contributed by atoms with Crippen LogP contribution in [0.15, 0.2) is 54.7 Å². The van der Waals surface area contributed by atoms with Crippen molar-refractivity contribution in [2.75, 3.05) is 6.54 Å². The summed E-state index contributed by atoms with van der Waals surface area (Å²) in [6, 6.07) is 16.3. The van der Waals surface area contributed by atoms with Crippen LogP contribution in [0.25, 0.3) is 5.69 Å². The first-order valence-corrected chi connectivity index (χ1v) is 9.55. The molecule has 1 aliphatic heterocycles. The zero-order valence-corrected chi connectivity index (χ0v) is 16.1. The maximum Gasteiger partial charge on any atom is 0.256 e. The summed E-state index contributed by atoms with van der Waals surface area (Å²) in [4.78, 5) is 19.9. The van der Waals surface area contributed by atoms with Gasteiger partial charge in [0.1, 0.15) is 0 Å². The van der Waals surface area contributed by atoms with Gasteiger partial charge in [0, 0.05) is 29.8 Å². The largest absolute Gasteiger partial charge is 0.330 e. The van der Waals surface area contributed by atoms with Crippen molar-refractivity contribution >= 4 is 5.91 Å². The molecule has 1 aromatic carbocycles.